The number of nitrogens with zero attached hydrogens (tertiary/aromatic N) is 1. The predicted octanol–water partition coefficient (Wildman–Crippen LogP) is 2.86. The fourth-order valence-electron chi connectivity index (χ4n) is 2.94. The number of rotatable bonds is 8. The summed E-state index contributed by atoms with van der Waals surface area (Å²) in [4.78, 5) is 23.2. The van der Waals surface area contributed by atoms with Crippen LogP contribution in [0.25, 0.3) is 5.69 Å². The smallest absolute Gasteiger partial charge is 0.315 e. The molecule has 0 saturated heterocycles. The molecule has 2 rings (SSSR count). The molecule has 0 fully saturated rings. The van der Waals surface area contributed by atoms with Crippen molar-refractivity contribution in [3.8, 4) is 11.4 Å². The minimum atomic E-state index is -0.321. The molecule has 0 radical (unpaired) electrons. The molecule has 0 aliphatic rings. The van der Waals surface area contributed by atoms with Gasteiger partial charge in [-0.15, -0.1) is 0 Å². The average Bonchev–Trinajstić information content (AvgIpc) is 2.93. The van der Waals surface area contributed by atoms with E-state index in [0.717, 1.165) is 28.4 Å². The second kappa shape index (κ2) is 9.66. The molecule has 1 aromatic heterocycles. The number of carbonyl (C=O) groups is 2. The first-order valence-corrected chi connectivity index (χ1v) is 8.96. The number of ether oxygens (including phenoxy) is 2. The van der Waals surface area contributed by atoms with E-state index in [1.165, 1.54) is 0 Å². The van der Waals surface area contributed by atoms with Crippen molar-refractivity contribution >= 4 is 12.0 Å². The number of aryl methyl sites for hydroxylation is 1. The van der Waals surface area contributed by atoms with Gasteiger partial charge in [0.25, 0.3) is 0 Å². The second-order valence-electron chi connectivity index (χ2n) is 6.07. The number of para-hydroxylation sites is 2. The minimum Gasteiger partial charge on any atom is -0.495 e. The van der Waals surface area contributed by atoms with Crippen molar-refractivity contribution in [1.29, 1.82) is 0 Å². The van der Waals surface area contributed by atoms with Gasteiger partial charge in [-0.2, -0.15) is 0 Å². The third-order valence-corrected chi connectivity index (χ3v) is 4.22. The Kier molecular flexibility index (Phi) is 7.28. The molecule has 7 heteroatoms. The Bertz CT molecular complexity index is 799. The van der Waals surface area contributed by atoms with Crippen LogP contribution in [0.3, 0.4) is 0 Å². The largest absolute Gasteiger partial charge is 0.495 e. The molecule has 0 bridgehead atoms. The van der Waals surface area contributed by atoms with Crippen LogP contribution in [-0.2, 0) is 16.1 Å². The van der Waals surface area contributed by atoms with Gasteiger partial charge in [0.2, 0.25) is 0 Å². The number of methoxy groups -OCH3 is 1. The Morgan fingerprint density at radius 3 is 2.59 bits per heavy atom. The number of nitrogens with one attached hydrogen (secondary N) is 2. The Labute approximate surface area is 159 Å². The van der Waals surface area contributed by atoms with E-state index in [2.05, 4.69) is 15.2 Å². The van der Waals surface area contributed by atoms with Crippen molar-refractivity contribution in [1.82, 2.24) is 15.2 Å². The van der Waals surface area contributed by atoms with Crippen LogP contribution in [0, 0.1) is 13.8 Å². The Balaban J connectivity index is 1.98. The van der Waals surface area contributed by atoms with Crippen molar-refractivity contribution in [2.75, 3.05) is 20.3 Å². The van der Waals surface area contributed by atoms with E-state index in [-0.39, 0.29) is 25.0 Å². The van der Waals surface area contributed by atoms with Gasteiger partial charge in [-0.1, -0.05) is 12.1 Å². The molecule has 0 spiro atoms. The highest BCUT2D eigenvalue weighted by atomic mass is 16.5. The van der Waals surface area contributed by atoms with Crippen LogP contribution in [0.15, 0.2) is 30.3 Å². The van der Waals surface area contributed by atoms with Crippen molar-refractivity contribution in [2.45, 2.75) is 33.7 Å². The third-order valence-electron chi connectivity index (χ3n) is 4.22. The number of hydrogen-bond acceptors (Lipinski definition) is 4. The number of hydrogen-bond donors (Lipinski definition) is 2. The zero-order valence-corrected chi connectivity index (χ0v) is 16.3. The van der Waals surface area contributed by atoms with E-state index in [0.29, 0.717) is 13.2 Å². The van der Waals surface area contributed by atoms with E-state index in [1.807, 2.05) is 44.2 Å². The first-order chi connectivity index (χ1) is 13.0. The van der Waals surface area contributed by atoms with Crippen LogP contribution in [0.5, 0.6) is 5.75 Å². The Morgan fingerprint density at radius 2 is 1.89 bits per heavy atom. The average molecular weight is 373 g/mol. The molecule has 1 heterocycles. The highest BCUT2D eigenvalue weighted by Crippen LogP contribution is 2.27. The molecule has 2 N–H and O–H groups in total. The van der Waals surface area contributed by atoms with E-state index in [1.54, 1.807) is 14.0 Å². The molecule has 2 amide bonds. The van der Waals surface area contributed by atoms with Gasteiger partial charge in [-0.25, -0.2) is 4.79 Å². The summed E-state index contributed by atoms with van der Waals surface area (Å²) >= 11 is 0. The summed E-state index contributed by atoms with van der Waals surface area (Å²) in [6, 6.07) is 9.54. The van der Waals surface area contributed by atoms with Crippen LogP contribution in [-0.4, -0.2) is 36.8 Å². The molecule has 7 nitrogen and oxygen atoms in total. The number of benzene rings is 1. The predicted molar refractivity (Wildman–Crippen MR) is 103 cm³/mol. The normalized spacial score (nSPS) is 10.4. The quantitative estimate of drug-likeness (QED) is 0.697. The number of aromatic nitrogens is 1. The standard InChI is InChI=1S/C20H27N3O4/c1-5-27-19(24)10-11-21-20(25)22-13-16-12-14(2)23(15(16)3)17-8-6-7-9-18(17)26-4/h6-9,12H,5,10-11,13H2,1-4H3,(H2,21,22,25). The molecule has 27 heavy (non-hydrogen) atoms. The van der Waals surface area contributed by atoms with Crippen LogP contribution < -0.4 is 15.4 Å². The van der Waals surface area contributed by atoms with Crippen molar-refractivity contribution < 1.29 is 19.1 Å². The number of urea groups is 1. The first-order valence-electron chi connectivity index (χ1n) is 8.96. The zero-order valence-electron chi connectivity index (χ0n) is 16.3. The molecule has 146 valence electrons. The lowest BCUT2D eigenvalue weighted by molar-refractivity contribution is -0.142. The lowest BCUT2D eigenvalue weighted by Crippen LogP contribution is -2.36. The van der Waals surface area contributed by atoms with Gasteiger partial charge in [0.15, 0.2) is 0 Å². The second-order valence-corrected chi connectivity index (χ2v) is 6.07. The monoisotopic (exact) mass is 373 g/mol. The van der Waals surface area contributed by atoms with E-state index in [9.17, 15) is 9.59 Å². The van der Waals surface area contributed by atoms with Crippen molar-refractivity contribution in [3.63, 3.8) is 0 Å². The number of amides is 2. The maximum absolute atomic E-state index is 11.9. The third kappa shape index (κ3) is 5.26. The topological polar surface area (TPSA) is 81.6 Å². The van der Waals surface area contributed by atoms with E-state index in [4.69, 9.17) is 9.47 Å². The SMILES string of the molecule is CCOC(=O)CCNC(=O)NCc1cc(C)n(-c2ccccc2OC)c1C. The Hall–Kier alpha value is -2.96. The Morgan fingerprint density at radius 1 is 1.15 bits per heavy atom. The fourth-order valence-corrected chi connectivity index (χ4v) is 2.94. The van der Waals surface area contributed by atoms with E-state index >= 15 is 0 Å². The van der Waals surface area contributed by atoms with Crippen LogP contribution in [0.2, 0.25) is 0 Å². The molecule has 2 aromatic rings. The van der Waals surface area contributed by atoms with Crippen molar-refractivity contribution in [2.24, 2.45) is 0 Å². The van der Waals surface area contributed by atoms with Gasteiger partial charge in [0.1, 0.15) is 5.75 Å². The summed E-state index contributed by atoms with van der Waals surface area (Å²) in [6.45, 7) is 6.74. The molecule has 1 aromatic carbocycles. The lowest BCUT2D eigenvalue weighted by Gasteiger charge is -2.14. The molecular weight excluding hydrogens is 346 g/mol. The van der Waals surface area contributed by atoms with Gasteiger partial charge >= 0.3 is 12.0 Å². The molecule has 0 unspecified atom stereocenters. The van der Waals surface area contributed by atoms with Gasteiger partial charge in [-0.3, -0.25) is 4.79 Å². The molecule has 0 aliphatic heterocycles. The summed E-state index contributed by atoms with van der Waals surface area (Å²) < 4.78 is 12.4. The summed E-state index contributed by atoms with van der Waals surface area (Å²) in [6.07, 6.45) is 0.156. The fraction of sp³-hybridized carbons (Fsp3) is 0.400. The summed E-state index contributed by atoms with van der Waals surface area (Å²) in [5.41, 5.74) is 4.06. The maximum Gasteiger partial charge on any atom is 0.315 e. The summed E-state index contributed by atoms with van der Waals surface area (Å²) in [5.74, 6) is 0.466. The summed E-state index contributed by atoms with van der Waals surface area (Å²) in [5, 5.41) is 5.47. The van der Waals surface area contributed by atoms with Gasteiger partial charge < -0.3 is 24.7 Å². The summed E-state index contributed by atoms with van der Waals surface area (Å²) in [7, 11) is 1.65. The molecule has 0 saturated carbocycles. The number of esters is 1. The maximum atomic E-state index is 11.9. The lowest BCUT2D eigenvalue weighted by atomic mass is 10.2. The zero-order chi connectivity index (χ0) is 19.8. The highest BCUT2D eigenvalue weighted by molar-refractivity contribution is 5.75. The highest BCUT2D eigenvalue weighted by Gasteiger charge is 2.14. The van der Waals surface area contributed by atoms with Crippen LogP contribution in [0.4, 0.5) is 4.79 Å². The molecular formula is C20H27N3O4. The number of carbonyl (C=O) groups excluding carboxylic acids is 2. The minimum absolute atomic E-state index is 0.156. The molecule has 0 atom stereocenters. The molecule has 0 aliphatic carbocycles. The van der Waals surface area contributed by atoms with Gasteiger partial charge in [-0.05, 0) is 44.5 Å². The first kappa shape index (κ1) is 20.4. The van der Waals surface area contributed by atoms with Crippen LogP contribution >= 0.6 is 0 Å². The van der Waals surface area contributed by atoms with Crippen molar-refractivity contribution in [3.05, 3.63) is 47.3 Å². The van der Waals surface area contributed by atoms with E-state index < -0.39 is 0 Å². The van der Waals surface area contributed by atoms with Crippen LogP contribution in [0.1, 0.15) is 30.3 Å². The van der Waals surface area contributed by atoms with Gasteiger partial charge in [0, 0.05) is 24.5 Å². The van der Waals surface area contributed by atoms with Gasteiger partial charge in [0.05, 0.1) is 25.8 Å².